The first-order chi connectivity index (χ1) is 7.63. The van der Waals surface area contributed by atoms with E-state index in [1.165, 1.54) is 12.0 Å². The lowest BCUT2D eigenvalue weighted by molar-refractivity contribution is 0.385. The van der Waals surface area contributed by atoms with Crippen molar-refractivity contribution in [2.75, 3.05) is 7.11 Å². The van der Waals surface area contributed by atoms with E-state index in [9.17, 15) is 0 Å². The van der Waals surface area contributed by atoms with Crippen LogP contribution < -0.4 is 10.5 Å². The maximum Gasteiger partial charge on any atom is 0.122 e. The molecule has 1 aromatic rings. The topological polar surface area (TPSA) is 35.2 Å². The maximum atomic E-state index is 6.45. The summed E-state index contributed by atoms with van der Waals surface area (Å²) in [6.07, 6.45) is 4.45. The predicted molar refractivity (Wildman–Crippen MR) is 66.6 cm³/mol. The number of rotatable bonds is 3. The molecule has 2 N–H and O–H groups in total. The molecule has 1 aliphatic carbocycles. The molecule has 0 bridgehead atoms. The van der Waals surface area contributed by atoms with Crippen LogP contribution in [0.5, 0.6) is 5.75 Å². The number of para-hydroxylation sites is 1. The van der Waals surface area contributed by atoms with Gasteiger partial charge in [-0.2, -0.15) is 0 Å². The second-order valence-corrected chi connectivity index (χ2v) is 5.20. The summed E-state index contributed by atoms with van der Waals surface area (Å²) in [7, 11) is 1.72. The molecular weight excluding hydrogens is 198 g/mol. The van der Waals surface area contributed by atoms with Crippen LogP contribution in [0.15, 0.2) is 24.3 Å². The van der Waals surface area contributed by atoms with Crippen LogP contribution >= 0.6 is 0 Å². The smallest absolute Gasteiger partial charge is 0.122 e. The lowest BCUT2D eigenvalue weighted by atomic mass is 9.89. The zero-order valence-electron chi connectivity index (χ0n) is 10.2. The highest BCUT2D eigenvalue weighted by atomic mass is 16.5. The summed E-state index contributed by atoms with van der Waals surface area (Å²) >= 11 is 0. The Bertz CT molecular complexity index is 364. The third kappa shape index (κ3) is 2.38. The number of hydrogen-bond donors (Lipinski definition) is 1. The van der Waals surface area contributed by atoms with Gasteiger partial charge in [0.05, 0.1) is 7.11 Å². The Hall–Kier alpha value is -1.02. The summed E-state index contributed by atoms with van der Waals surface area (Å²) in [5.74, 6) is 1.73. The maximum absolute atomic E-state index is 6.45. The summed E-state index contributed by atoms with van der Waals surface area (Å²) in [6, 6.07) is 8.19. The molecule has 2 unspecified atom stereocenters. The summed E-state index contributed by atoms with van der Waals surface area (Å²) in [4.78, 5) is 0. The van der Waals surface area contributed by atoms with E-state index in [-0.39, 0.29) is 5.54 Å². The summed E-state index contributed by atoms with van der Waals surface area (Å²) < 4.78 is 5.37. The van der Waals surface area contributed by atoms with Crippen LogP contribution in [0.4, 0.5) is 0 Å². The molecule has 2 nitrogen and oxygen atoms in total. The minimum atomic E-state index is -0.0198. The van der Waals surface area contributed by atoms with Crippen molar-refractivity contribution in [3.05, 3.63) is 29.8 Å². The average molecular weight is 219 g/mol. The quantitative estimate of drug-likeness (QED) is 0.848. The Balaban J connectivity index is 2.14. The molecule has 0 radical (unpaired) electrons. The Morgan fingerprint density at radius 3 is 2.81 bits per heavy atom. The summed E-state index contributed by atoms with van der Waals surface area (Å²) in [5, 5.41) is 0. The van der Waals surface area contributed by atoms with Crippen LogP contribution in [0, 0.1) is 5.92 Å². The predicted octanol–water partition coefficient (Wildman–Crippen LogP) is 2.76. The molecule has 0 aromatic heterocycles. The third-order valence-electron chi connectivity index (χ3n) is 3.63. The Morgan fingerprint density at radius 2 is 2.19 bits per heavy atom. The normalized spacial score (nSPS) is 29.3. The fraction of sp³-hybridized carbons (Fsp3) is 0.571. The molecule has 1 fully saturated rings. The Morgan fingerprint density at radius 1 is 1.44 bits per heavy atom. The van der Waals surface area contributed by atoms with Crippen molar-refractivity contribution in [1.29, 1.82) is 0 Å². The number of hydrogen-bond acceptors (Lipinski definition) is 2. The largest absolute Gasteiger partial charge is 0.496 e. The van der Waals surface area contributed by atoms with Crippen LogP contribution in [0.1, 0.15) is 31.7 Å². The average Bonchev–Trinajstić information content (AvgIpc) is 2.59. The van der Waals surface area contributed by atoms with Crippen LogP contribution in [0.25, 0.3) is 0 Å². The molecule has 1 saturated carbocycles. The monoisotopic (exact) mass is 219 g/mol. The van der Waals surface area contributed by atoms with E-state index in [0.29, 0.717) is 0 Å². The lowest BCUT2D eigenvalue weighted by Crippen LogP contribution is -2.39. The third-order valence-corrected chi connectivity index (χ3v) is 3.63. The van der Waals surface area contributed by atoms with Gasteiger partial charge in [-0.25, -0.2) is 0 Å². The van der Waals surface area contributed by atoms with Crippen LogP contribution in [0.3, 0.4) is 0 Å². The van der Waals surface area contributed by atoms with Crippen molar-refractivity contribution >= 4 is 0 Å². The molecule has 0 spiro atoms. The zero-order chi connectivity index (χ0) is 11.6. The van der Waals surface area contributed by atoms with E-state index in [2.05, 4.69) is 19.1 Å². The van der Waals surface area contributed by atoms with Gasteiger partial charge < -0.3 is 10.5 Å². The molecule has 0 heterocycles. The highest BCUT2D eigenvalue weighted by molar-refractivity contribution is 5.34. The van der Waals surface area contributed by atoms with E-state index in [4.69, 9.17) is 10.5 Å². The number of benzene rings is 1. The zero-order valence-corrected chi connectivity index (χ0v) is 10.2. The molecular formula is C14H21NO. The van der Waals surface area contributed by atoms with Crippen molar-refractivity contribution in [2.45, 2.75) is 38.1 Å². The van der Waals surface area contributed by atoms with Gasteiger partial charge in [0.15, 0.2) is 0 Å². The first-order valence-corrected chi connectivity index (χ1v) is 6.04. The lowest BCUT2D eigenvalue weighted by Gasteiger charge is -2.25. The van der Waals surface area contributed by atoms with Crippen LogP contribution in [-0.2, 0) is 6.42 Å². The van der Waals surface area contributed by atoms with Gasteiger partial charge in [0, 0.05) is 5.54 Å². The fourth-order valence-corrected chi connectivity index (χ4v) is 2.82. The Labute approximate surface area is 97.8 Å². The van der Waals surface area contributed by atoms with Crippen molar-refractivity contribution in [3.8, 4) is 5.75 Å². The number of nitrogens with two attached hydrogens (primary N) is 1. The first kappa shape index (κ1) is 11.5. The molecule has 16 heavy (non-hydrogen) atoms. The van der Waals surface area contributed by atoms with Gasteiger partial charge in [0.1, 0.15) is 5.75 Å². The number of ether oxygens (including phenoxy) is 1. The van der Waals surface area contributed by atoms with Gasteiger partial charge in [-0.15, -0.1) is 0 Å². The molecule has 88 valence electrons. The van der Waals surface area contributed by atoms with Crippen molar-refractivity contribution in [1.82, 2.24) is 0 Å². The van der Waals surface area contributed by atoms with Crippen molar-refractivity contribution in [3.63, 3.8) is 0 Å². The van der Waals surface area contributed by atoms with E-state index < -0.39 is 0 Å². The Kier molecular flexibility index (Phi) is 3.20. The van der Waals surface area contributed by atoms with Gasteiger partial charge in [-0.3, -0.25) is 0 Å². The molecule has 0 saturated heterocycles. The fourth-order valence-electron chi connectivity index (χ4n) is 2.82. The van der Waals surface area contributed by atoms with Gasteiger partial charge in [0.2, 0.25) is 0 Å². The molecule has 2 heteroatoms. The molecule has 2 atom stereocenters. The van der Waals surface area contributed by atoms with Crippen molar-refractivity contribution < 1.29 is 4.74 Å². The van der Waals surface area contributed by atoms with Crippen LogP contribution in [-0.4, -0.2) is 12.6 Å². The first-order valence-electron chi connectivity index (χ1n) is 6.04. The molecule has 1 aromatic carbocycles. The SMILES string of the molecule is COc1ccccc1CC1(N)CCC(C)C1. The van der Waals surface area contributed by atoms with E-state index in [0.717, 1.165) is 30.9 Å². The highest BCUT2D eigenvalue weighted by Gasteiger charge is 2.34. The van der Waals surface area contributed by atoms with Gasteiger partial charge in [0.25, 0.3) is 0 Å². The minimum absolute atomic E-state index is 0.0198. The highest BCUT2D eigenvalue weighted by Crippen LogP contribution is 2.36. The molecule has 0 aliphatic heterocycles. The molecule has 1 aliphatic rings. The standard InChI is InChI=1S/C14H21NO/c1-11-7-8-14(15,9-11)10-12-5-3-4-6-13(12)16-2/h3-6,11H,7-10,15H2,1-2H3. The number of methoxy groups -OCH3 is 1. The van der Waals surface area contributed by atoms with Gasteiger partial charge >= 0.3 is 0 Å². The van der Waals surface area contributed by atoms with Gasteiger partial charge in [-0.1, -0.05) is 25.1 Å². The molecule has 0 amide bonds. The summed E-state index contributed by atoms with van der Waals surface area (Å²) in [5.41, 5.74) is 7.67. The van der Waals surface area contributed by atoms with E-state index >= 15 is 0 Å². The van der Waals surface area contributed by atoms with Crippen molar-refractivity contribution in [2.24, 2.45) is 11.7 Å². The second-order valence-electron chi connectivity index (χ2n) is 5.20. The van der Waals surface area contributed by atoms with Gasteiger partial charge in [-0.05, 0) is 43.2 Å². The van der Waals surface area contributed by atoms with E-state index in [1.54, 1.807) is 7.11 Å². The van der Waals surface area contributed by atoms with Crippen LogP contribution in [0.2, 0.25) is 0 Å². The van der Waals surface area contributed by atoms with E-state index in [1.807, 2.05) is 12.1 Å². The second kappa shape index (κ2) is 4.46. The molecule has 2 rings (SSSR count). The minimum Gasteiger partial charge on any atom is -0.496 e. The summed E-state index contributed by atoms with van der Waals surface area (Å²) in [6.45, 7) is 2.29.